The Hall–Kier alpha value is -1.95. The molecule has 1 heterocycles. The van der Waals surface area contributed by atoms with Crippen LogP contribution in [0.5, 0.6) is 0 Å². The summed E-state index contributed by atoms with van der Waals surface area (Å²) in [5, 5.41) is 4.02. The van der Waals surface area contributed by atoms with Crippen LogP contribution >= 0.6 is 0 Å². The van der Waals surface area contributed by atoms with Gasteiger partial charge in [-0.1, -0.05) is 17.7 Å². The average Bonchev–Trinajstić information content (AvgIpc) is 2.69. The molecule has 0 aliphatic rings. The maximum Gasteiger partial charge on any atom is 0.184 e. The largest absolute Gasteiger partial charge is 0.298 e. The third kappa shape index (κ3) is 2.90. The molecule has 0 fully saturated rings. The van der Waals surface area contributed by atoms with Crippen LogP contribution < -0.4 is 0 Å². The molecule has 0 radical (unpaired) electrons. The van der Waals surface area contributed by atoms with E-state index in [4.69, 9.17) is 0 Å². The lowest BCUT2D eigenvalue weighted by molar-refractivity contribution is 0.112. The highest BCUT2D eigenvalue weighted by molar-refractivity contribution is 7.90. The molecule has 1 aromatic carbocycles. The fourth-order valence-electron chi connectivity index (χ4n) is 1.77. The number of hydrogen-bond donors (Lipinski definition) is 0. The number of benzene rings is 1. The molecule has 0 unspecified atom stereocenters. The minimum Gasteiger partial charge on any atom is -0.298 e. The molecule has 0 bridgehead atoms. The monoisotopic (exact) mass is 278 g/mol. The third-order valence-corrected chi connectivity index (χ3v) is 4.42. The first-order valence-corrected chi connectivity index (χ1v) is 7.35. The number of hydrogen-bond acceptors (Lipinski definition) is 4. The van der Waals surface area contributed by atoms with Crippen molar-refractivity contribution >= 4 is 16.1 Å². The molecule has 6 heteroatoms. The number of carbonyl (C=O) groups is 1. The summed E-state index contributed by atoms with van der Waals surface area (Å²) in [4.78, 5) is 11.1. The molecule has 19 heavy (non-hydrogen) atoms. The van der Waals surface area contributed by atoms with Gasteiger partial charge in [-0.3, -0.25) is 9.48 Å². The lowest BCUT2D eigenvalue weighted by Gasteiger charge is -2.03. The topological polar surface area (TPSA) is 69.0 Å². The van der Waals surface area contributed by atoms with E-state index in [0.29, 0.717) is 11.8 Å². The van der Waals surface area contributed by atoms with Crippen molar-refractivity contribution in [2.24, 2.45) is 7.05 Å². The van der Waals surface area contributed by atoms with Gasteiger partial charge in [0.1, 0.15) is 0 Å². The van der Waals surface area contributed by atoms with Gasteiger partial charge in [0.2, 0.25) is 0 Å². The van der Waals surface area contributed by atoms with Gasteiger partial charge in [-0.05, 0) is 19.1 Å². The van der Waals surface area contributed by atoms with E-state index >= 15 is 0 Å². The summed E-state index contributed by atoms with van der Waals surface area (Å²) >= 11 is 0. The number of carbonyl (C=O) groups excluding carboxylic acids is 1. The molecule has 0 spiro atoms. The molecule has 100 valence electrons. The van der Waals surface area contributed by atoms with Gasteiger partial charge in [-0.2, -0.15) is 5.10 Å². The van der Waals surface area contributed by atoms with Crippen LogP contribution in [0.4, 0.5) is 0 Å². The van der Waals surface area contributed by atoms with Gasteiger partial charge in [-0.15, -0.1) is 0 Å². The third-order valence-electron chi connectivity index (χ3n) is 2.77. The zero-order chi connectivity index (χ0) is 14.0. The highest BCUT2D eigenvalue weighted by Gasteiger charge is 2.19. The normalized spacial score (nSPS) is 11.5. The molecule has 0 N–H and O–H groups in total. The van der Waals surface area contributed by atoms with Crippen LogP contribution in [0.25, 0.3) is 0 Å². The Labute approximate surface area is 111 Å². The number of rotatable bonds is 4. The lowest BCUT2D eigenvalue weighted by Crippen LogP contribution is -2.07. The Morgan fingerprint density at radius 3 is 2.47 bits per heavy atom. The second-order valence-corrected chi connectivity index (χ2v) is 6.38. The molecule has 2 rings (SSSR count). The zero-order valence-corrected chi connectivity index (χ0v) is 11.5. The van der Waals surface area contributed by atoms with Crippen LogP contribution in [0.1, 0.15) is 21.6 Å². The molecule has 0 aliphatic heterocycles. The van der Waals surface area contributed by atoms with Crippen molar-refractivity contribution in [2.45, 2.75) is 17.6 Å². The molecule has 0 aliphatic carbocycles. The van der Waals surface area contributed by atoms with Crippen LogP contribution in [-0.4, -0.2) is 24.5 Å². The van der Waals surface area contributed by atoms with Gasteiger partial charge in [0, 0.05) is 13.2 Å². The summed E-state index contributed by atoms with van der Waals surface area (Å²) in [6, 6.07) is 6.61. The van der Waals surface area contributed by atoms with Crippen molar-refractivity contribution in [3.63, 3.8) is 0 Å². The average molecular weight is 278 g/mol. The summed E-state index contributed by atoms with van der Waals surface area (Å²) in [7, 11) is -1.84. The lowest BCUT2D eigenvalue weighted by atomic mass is 10.2. The summed E-state index contributed by atoms with van der Waals surface area (Å²) in [5.41, 5.74) is 1.57. The molecular formula is C13H14N2O3S. The Kier molecular flexibility index (Phi) is 3.53. The maximum atomic E-state index is 12.2. The summed E-state index contributed by atoms with van der Waals surface area (Å²) in [5.74, 6) is -0.273. The van der Waals surface area contributed by atoms with Crippen LogP contribution in [0.15, 0.2) is 35.4 Å². The minimum absolute atomic E-state index is 0.237. The number of aromatic nitrogens is 2. The van der Waals surface area contributed by atoms with E-state index in [9.17, 15) is 13.2 Å². The highest BCUT2D eigenvalue weighted by atomic mass is 32.2. The maximum absolute atomic E-state index is 12.2. The fraction of sp³-hybridized carbons (Fsp3) is 0.231. The molecular weight excluding hydrogens is 264 g/mol. The van der Waals surface area contributed by atoms with Crippen LogP contribution in [0.3, 0.4) is 0 Å². The van der Waals surface area contributed by atoms with Crippen LogP contribution in [0.2, 0.25) is 0 Å². The molecule has 0 atom stereocenters. The zero-order valence-electron chi connectivity index (χ0n) is 10.7. The molecule has 0 saturated carbocycles. The number of nitrogens with zero attached hydrogens (tertiary/aromatic N) is 2. The van der Waals surface area contributed by atoms with E-state index in [-0.39, 0.29) is 16.3 Å². The second-order valence-electron chi connectivity index (χ2n) is 4.39. The van der Waals surface area contributed by atoms with Gasteiger partial charge in [0.05, 0.1) is 21.9 Å². The van der Waals surface area contributed by atoms with E-state index < -0.39 is 9.84 Å². The molecule has 0 saturated heterocycles. The smallest absolute Gasteiger partial charge is 0.184 e. The highest BCUT2D eigenvalue weighted by Crippen LogP contribution is 2.17. The summed E-state index contributed by atoms with van der Waals surface area (Å²) in [6.45, 7) is 1.89. The second kappa shape index (κ2) is 4.97. The van der Waals surface area contributed by atoms with Crippen LogP contribution in [-0.2, 0) is 22.6 Å². The van der Waals surface area contributed by atoms with Gasteiger partial charge < -0.3 is 0 Å². The summed E-state index contributed by atoms with van der Waals surface area (Å²) in [6.07, 6.45) is 2.12. The SMILES string of the molecule is Cc1ccc(S(=O)(=O)Cc2nn(C)cc2C=O)cc1. The van der Waals surface area contributed by atoms with Crippen molar-refractivity contribution in [3.8, 4) is 0 Å². The van der Waals surface area contributed by atoms with Crippen molar-refractivity contribution in [2.75, 3.05) is 0 Å². The van der Waals surface area contributed by atoms with E-state index in [2.05, 4.69) is 5.10 Å². The molecule has 0 amide bonds. The predicted molar refractivity (Wildman–Crippen MR) is 70.7 cm³/mol. The first-order chi connectivity index (χ1) is 8.92. The number of aldehydes is 1. The standard InChI is InChI=1S/C13H14N2O3S/c1-10-3-5-12(6-4-10)19(17,18)9-13-11(8-16)7-15(2)14-13/h3-8H,9H2,1-2H3. The first-order valence-electron chi connectivity index (χ1n) is 5.69. The Morgan fingerprint density at radius 1 is 1.26 bits per heavy atom. The van der Waals surface area contributed by atoms with Gasteiger partial charge in [-0.25, -0.2) is 8.42 Å². The van der Waals surface area contributed by atoms with Crippen molar-refractivity contribution < 1.29 is 13.2 Å². The van der Waals surface area contributed by atoms with Crippen LogP contribution in [0, 0.1) is 6.92 Å². The quantitative estimate of drug-likeness (QED) is 0.795. The fourth-order valence-corrected chi connectivity index (χ4v) is 3.07. The van der Waals surface area contributed by atoms with E-state index in [1.807, 2.05) is 6.92 Å². The predicted octanol–water partition coefficient (Wildman–Crippen LogP) is 1.51. The first kappa shape index (κ1) is 13.5. The Balaban J connectivity index is 2.36. The van der Waals surface area contributed by atoms with Crippen molar-refractivity contribution in [1.82, 2.24) is 9.78 Å². The van der Waals surface area contributed by atoms with Crippen molar-refractivity contribution in [1.29, 1.82) is 0 Å². The van der Waals surface area contributed by atoms with E-state index in [0.717, 1.165) is 5.56 Å². The number of sulfone groups is 1. The van der Waals surface area contributed by atoms with Gasteiger partial charge in [0.25, 0.3) is 0 Å². The minimum atomic E-state index is -3.48. The van der Waals surface area contributed by atoms with E-state index in [1.165, 1.54) is 10.9 Å². The molecule has 2 aromatic rings. The summed E-state index contributed by atoms with van der Waals surface area (Å²) < 4.78 is 25.9. The van der Waals surface area contributed by atoms with Gasteiger partial charge in [0.15, 0.2) is 16.1 Å². The molecule has 1 aromatic heterocycles. The van der Waals surface area contributed by atoms with Gasteiger partial charge >= 0.3 is 0 Å². The van der Waals surface area contributed by atoms with Crippen molar-refractivity contribution in [3.05, 3.63) is 47.3 Å². The Bertz CT molecular complexity index is 700. The molecule has 5 nitrogen and oxygen atoms in total. The number of aryl methyl sites for hydroxylation is 2. The Morgan fingerprint density at radius 2 is 1.89 bits per heavy atom. The van der Waals surface area contributed by atoms with E-state index in [1.54, 1.807) is 31.3 Å².